The number of nitrogens with zero attached hydrogens (tertiary/aromatic N) is 2. The highest BCUT2D eigenvalue weighted by atomic mass is 19.4. The molecule has 4 aromatic rings. The Morgan fingerprint density at radius 1 is 1.00 bits per heavy atom. The zero-order valence-electron chi connectivity index (χ0n) is 30.8. The Kier molecular flexibility index (Phi) is 12.7. The number of benzene rings is 3. The minimum absolute atomic E-state index is 0.0581. The van der Waals surface area contributed by atoms with Crippen LogP contribution < -0.4 is 16.3 Å². The number of halogens is 7. The third kappa shape index (κ3) is 9.63. The topological polar surface area (TPSA) is 101 Å². The molecule has 1 saturated heterocycles. The van der Waals surface area contributed by atoms with Crippen LogP contribution in [-0.4, -0.2) is 66.5 Å². The van der Waals surface area contributed by atoms with Crippen LogP contribution in [0.5, 0.6) is 5.75 Å². The molecule has 1 aliphatic heterocycles. The number of amides is 1. The fraction of sp³-hybridized carbons (Fsp3) is 0.375. The maximum absolute atomic E-state index is 16.1. The molecule has 1 amide bonds. The molecule has 3 aromatic carbocycles. The first-order valence-electron chi connectivity index (χ1n) is 17.8. The number of nitrogens with one attached hydrogen (secondary N) is 1. The van der Waals surface area contributed by atoms with Crippen LogP contribution >= 0.6 is 0 Å². The quantitative estimate of drug-likeness (QED) is 0.0955. The summed E-state index contributed by atoms with van der Waals surface area (Å²) >= 11 is 0. The van der Waals surface area contributed by atoms with E-state index in [1.807, 2.05) is 0 Å². The lowest BCUT2D eigenvalue weighted by Gasteiger charge is -2.32. The largest absolute Gasteiger partial charge is 0.507 e. The summed E-state index contributed by atoms with van der Waals surface area (Å²) in [6.45, 7) is 4.28. The van der Waals surface area contributed by atoms with E-state index in [1.165, 1.54) is 32.0 Å². The molecule has 5 rings (SSSR count). The molecule has 0 spiro atoms. The molecule has 2 radical (unpaired) electrons. The molecule has 0 aliphatic carbocycles. The van der Waals surface area contributed by atoms with E-state index in [0.717, 1.165) is 24.4 Å². The summed E-state index contributed by atoms with van der Waals surface area (Å²) in [5.41, 5.74) is -2.70. The Hall–Kier alpha value is -5.12. The number of hydrogen-bond acceptors (Lipinski definition) is 6. The van der Waals surface area contributed by atoms with E-state index in [-0.39, 0.29) is 61.1 Å². The summed E-state index contributed by atoms with van der Waals surface area (Å²) in [6.07, 6.45) is -6.31. The number of aryl methyl sites for hydroxylation is 2. The molecule has 1 unspecified atom stereocenters. The number of carbonyl (C=O) groups is 2. The lowest BCUT2D eigenvalue weighted by molar-refractivity contribution is -0.144. The number of rotatable bonds is 12. The smallest absolute Gasteiger partial charge is 0.416 e. The first-order chi connectivity index (χ1) is 26.3. The molecule has 2 atom stereocenters. The van der Waals surface area contributed by atoms with Gasteiger partial charge in [0.1, 0.15) is 31.3 Å². The number of esters is 1. The van der Waals surface area contributed by atoms with Gasteiger partial charge < -0.3 is 20.1 Å². The predicted molar refractivity (Wildman–Crippen MR) is 195 cm³/mol. The molecule has 8 nitrogen and oxygen atoms in total. The number of phenolic OH excluding ortho intramolecular Hbond substituents is 1. The fourth-order valence-corrected chi connectivity index (χ4v) is 6.93. The molecule has 16 heteroatoms. The van der Waals surface area contributed by atoms with Crippen LogP contribution in [0.25, 0.3) is 11.1 Å². The third-order valence-corrected chi connectivity index (χ3v) is 9.78. The molecular weight excluding hydrogens is 746 g/mol. The van der Waals surface area contributed by atoms with Gasteiger partial charge in [0.2, 0.25) is 5.91 Å². The van der Waals surface area contributed by atoms with Crippen LogP contribution in [0.15, 0.2) is 65.6 Å². The van der Waals surface area contributed by atoms with E-state index in [2.05, 4.69) is 5.32 Å². The fourth-order valence-electron chi connectivity index (χ4n) is 6.93. The summed E-state index contributed by atoms with van der Waals surface area (Å²) in [5, 5.41) is 13.2. The summed E-state index contributed by atoms with van der Waals surface area (Å²) in [6, 6.07) is 7.21. The van der Waals surface area contributed by atoms with Gasteiger partial charge in [-0.05, 0) is 73.7 Å². The first-order valence-corrected chi connectivity index (χ1v) is 17.8. The van der Waals surface area contributed by atoms with Crippen molar-refractivity contribution >= 4 is 25.2 Å². The number of alkyl halides is 5. The SMILES string of the molecule is [B]c1ccc(F)c(C(C(=O)N[C@@H](CC(=O)OCC)c2cc(-c3c(C)cccc3O)cc(C)c2F)n2cc(CCN3CCC(F)(F)CC3)c(C(F)(F)F)cc2=O)c1. The Bertz CT molecular complexity index is 2150. The third-order valence-electron chi connectivity index (χ3n) is 9.78. The van der Waals surface area contributed by atoms with Gasteiger partial charge in [0.15, 0.2) is 0 Å². The Morgan fingerprint density at radius 3 is 2.34 bits per heavy atom. The number of aromatic hydroxyl groups is 1. The van der Waals surface area contributed by atoms with Gasteiger partial charge in [0.05, 0.1) is 24.6 Å². The van der Waals surface area contributed by atoms with Crippen molar-refractivity contribution < 1.29 is 50.2 Å². The van der Waals surface area contributed by atoms with Crippen molar-refractivity contribution in [1.29, 1.82) is 0 Å². The lowest BCUT2D eigenvalue weighted by atomic mass is 9.90. The van der Waals surface area contributed by atoms with Crippen molar-refractivity contribution in [1.82, 2.24) is 14.8 Å². The highest BCUT2D eigenvalue weighted by Crippen LogP contribution is 2.37. The van der Waals surface area contributed by atoms with Crippen LogP contribution in [0.1, 0.15) is 71.7 Å². The van der Waals surface area contributed by atoms with Crippen molar-refractivity contribution in [3.63, 3.8) is 0 Å². The molecule has 1 fully saturated rings. The Morgan fingerprint density at radius 2 is 1.70 bits per heavy atom. The van der Waals surface area contributed by atoms with Crippen LogP contribution in [-0.2, 0) is 26.9 Å². The van der Waals surface area contributed by atoms with E-state index >= 15 is 8.78 Å². The number of carbonyl (C=O) groups excluding carboxylic acids is 2. The second kappa shape index (κ2) is 16.9. The second-order valence-electron chi connectivity index (χ2n) is 13.8. The maximum atomic E-state index is 16.1. The predicted octanol–water partition coefficient (Wildman–Crippen LogP) is 6.60. The highest BCUT2D eigenvalue weighted by Gasteiger charge is 2.38. The number of hydrogen-bond donors (Lipinski definition) is 2. The lowest BCUT2D eigenvalue weighted by Crippen LogP contribution is -2.42. The van der Waals surface area contributed by atoms with E-state index in [0.29, 0.717) is 21.3 Å². The van der Waals surface area contributed by atoms with Gasteiger partial charge in [0, 0.05) is 61.4 Å². The van der Waals surface area contributed by atoms with Crippen LogP contribution in [0.3, 0.4) is 0 Å². The highest BCUT2D eigenvalue weighted by molar-refractivity contribution is 6.32. The van der Waals surface area contributed by atoms with Gasteiger partial charge in [-0.1, -0.05) is 29.7 Å². The molecule has 2 heterocycles. The standard InChI is InChI=1S/C40H39BF7N3O5/c1-4-56-34(54)20-31(28-17-25(16-23(3)36(28)43)35-22(2)6-5-7-32(35)52)49-38(55)37(27-18-26(41)8-9-30(27)42)51-21-24(29(19-33(51)53)40(46,47)48)10-13-50-14-11-39(44,45)12-15-50/h5-9,16-19,21,31,37,52H,4,10-15,20H2,1-3H3,(H,49,55)/t31-,37?/m0/s1. The van der Waals surface area contributed by atoms with Crippen LogP contribution in [0, 0.1) is 25.5 Å². The summed E-state index contributed by atoms with van der Waals surface area (Å²) in [4.78, 5) is 42.6. The van der Waals surface area contributed by atoms with Crippen molar-refractivity contribution in [3.05, 3.63) is 116 Å². The average Bonchev–Trinajstić information content (AvgIpc) is 3.11. The van der Waals surface area contributed by atoms with Crippen molar-refractivity contribution in [3.8, 4) is 16.9 Å². The molecule has 0 saturated carbocycles. The van der Waals surface area contributed by atoms with Gasteiger partial charge in [-0.3, -0.25) is 19.0 Å². The number of piperidine rings is 1. The van der Waals surface area contributed by atoms with Gasteiger partial charge in [-0.25, -0.2) is 17.6 Å². The minimum atomic E-state index is -5.04. The van der Waals surface area contributed by atoms with Crippen molar-refractivity contribution in [2.45, 2.75) is 70.6 Å². The molecule has 296 valence electrons. The van der Waals surface area contributed by atoms with Crippen molar-refractivity contribution in [2.24, 2.45) is 0 Å². The molecule has 0 bridgehead atoms. The number of likely N-dealkylation sites (tertiary alicyclic amines) is 1. The number of phenols is 1. The molecule has 1 aromatic heterocycles. The summed E-state index contributed by atoms with van der Waals surface area (Å²) < 4.78 is 108. The molecule has 1 aliphatic rings. The van der Waals surface area contributed by atoms with Gasteiger partial charge in [0.25, 0.3) is 11.5 Å². The van der Waals surface area contributed by atoms with E-state index in [9.17, 15) is 41.4 Å². The number of pyridine rings is 1. The molecule has 56 heavy (non-hydrogen) atoms. The van der Waals surface area contributed by atoms with E-state index in [1.54, 1.807) is 24.0 Å². The molecule has 2 N–H and O–H groups in total. The van der Waals surface area contributed by atoms with E-state index < -0.39 is 89.2 Å². The second-order valence-corrected chi connectivity index (χ2v) is 13.8. The summed E-state index contributed by atoms with van der Waals surface area (Å²) in [7, 11) is 5.94. The normalized spacial score (nSPS) is 15.6. The Labute approximate surface area is 319 Å². The zero-order chi connectivity index (χ0) is 41.1. The minimum Gasteiger partial charge on any atom is -0.507 e. The van der Waals surface area contributed by atoms with Gasteiger partial charge in [-0.2, -0.15) is 13.2 Å². The maximum Gasteiger partial charge on any atom is 0.416 e. The van der Waals surface area contributed by atoms with Gasteiger partial charge in [-0.15, -0.1) is 0 Å². The first kappa shape index (κ1) is 42.0. The molecular formula is C40H39BF7N3O5. The van der Waals surface area contributed by atoms with Gasteiger partial charge >= 0.3 is 12.1 Å². The summed E-state index contributed by atoms with van der Waals surface area (Å²) in [5.74, 6) is -7.07. The number of ether oxygens (including phenoxy) is 1. The van der Waals surface area contributed by atoms with E-state index in [4.69, 9.17) is 12.6 Å². The average molecular weight is 786 g/mol. The van der Waals surface area contributed by atoms with Crippen LogP contribution in [0.2, 0.25) is 0 Å². The van der Waals surface area contributed by atoms with Crippen LogP contribution in [0.4, 0.5) is 30.7 Å². The monoisotopic (exact) mass is 785 g/mol. The Balaban J connectivity index is 1.64. The number of aromatic nitrogens is 1. The van der Waals surface area contributed by atoms with Crippen molar-refractivity contribution in [2.75, 3.05) is 26.2 Å². The zero-order valence-corrected chi connectivity index (χ0v) is 30.8.